The van der Waals surface area contributed by atoms with Crippen LogP contribution in [0.1, 0.15) is 45.5 Å². The van der Waals surface area contributed by atoms with Crippen LogP contribution in [-0.4, -0.2) is 31.3 Å². The van der Waals surface area contributed by atoms with Gasteiger partial charge in [-0.15, -0.1) is 10.2 Å². The first-order chi connectivity index (χ1) is 11.8. The number of rotatable bonds is 7. The number of carbonyl (C=O) groups is 1. The molecule has 0 saturated carbocycles. The van der Waals surface area contributed by atoms with Crippen molar-refractivity contribution in [3.8, 4) is 0 Å². The van der Waals surface area contributed by atoms with Crippen molar-refractivity contribution in [1.29, 1.82) is 0 Å². The number of benzene rings is 1. The van der Waals surface area contributed by atoms with Crippen LogP contribution in [0.3, 0.4) is 0 Å². The normalized spacial score (nSPS) is 11.1. The van der Waals surface area contributed by atoms with Gasteiger partial charge in [-0.1, -0.05) is 31.7 Å². The lowest BCUT2D eigenvalue weighted by molar-refractivity contribution is -0.384. The summed E-state index contributed by atoms with van der Waals surface area (Å²) in [6.07, 6.45) is 0. The zero-order valence-electron chi connectivity index (χ0n) is 14.6. The molecule has 0 bridgehead atoms. The van der Waals surface area contributed by atoms with E-state index in [1.165, 1.54) is 30.0 Å². The molecule has 0 fully saturated rings. The predicted octanol–water partition coefficient (Wildman–Crippen LogP) is 3.62. The molecule has 1 heterocycles. The molecule has 0 aliphatic heterocycles. The predicted molar refractivity (Wildman–Crippen MR) is 96.9 cm³/mol. The Kier molecular flexibility index (Phi) is 6.13. The minimum absolute atomic E-state index is 0.0634. The first-order valence-electron chi connectivity index (χ1n) is 7.91. The van der Waals surface area contributed by atoms with Crippen LogP contribution < -0.4 is 5.32 Å². The maximum Gasteiger partial charge on any atom is 0.271 e. The minimum Gasteiger partial charge on any atom is -0.325 e. The molecule has 0 spiro atoms. The van der Waals surface area contributed by atoms with Gasteiger partial charge in [0.05, 0.1) is 10.7 Å². The number of hydrogen-bond donors (Lipinski definition) is 1. The maximum absolute atomic E-state index is 12.1. The van der Waals surface area contributed by atoms with Gasteiger partial charge < -0.3 is 9.88 Å². The van der Waals surface area contributed by atoms with Gasteiger partial charge in [0.2, 0.25) is 5.91 Å². The number of nitrogens with zero attached hydrogens (tertiary/aromatic N) is 4. The fourth-order valence-corrected chi connectivity index (χ4v) is 3.16. The summed E-state index contributed by atoms with van der Waals surface area (Å²) >= 11 is 1.29. The minimum atomic E-state index is -0.497. The molecular formula is C16H21N5O3S. The van der Waals surface area contributed by atoms with Crippen molar-refractivity contribution < 1.29 is 9.72 Å². The molecule has 0 atom stereocenters. The van der Waals surface area contributed by atoms with E-state index in [1.807, 2.05) is 32.3 Å². The first kappa shape index (κ1) is 18.9. The zero-order chi connectivity index (χ0) is 18.6. The Morgan fingerprint density at radius 2 is 2.04 bits per heavy atom. The van der Waals surface area contributed by atoms with Crippen LogP contribution in [0.25, 0.3) is 0 Å². The molecule has 9 heteroatoms. The Balaban J connectivity index is 2.03. The molecule has 0 radical (unpaired) electrons. The quantitative estimate of drug-likeness (QED) is 0.458. The number of anilines is 1. The van der Waals surface area contributed by atoms with Crippen LogP contribution in [0.5, 0.6) is 0 Å². The van der Waals surface area contributed by atoms with Gasteiger partial charge in [0, 0.05) is 29.8 Å². The van der Waals surface area contributed by atoms with E-state index >= 15 is 0 Å². The summed E-state index contributed by atoms with van der Waals surface area (Å²) in [4.78, 5) is 22.4. The third-order valence-corrected chi connectivity index (χ3v) is 4.34. The third-order valence-electron chi connectivity index (χ3n) is 3.40. The Morgan fingerprint density at radius 1 is 1.32 bits per heavy atom. The SMILES string of the molecule is CC(C)c1nnc(SCC(=O)Nc2cccc([N+](=O)[O-])c2)n1C(C)C. The lowest BCUT2D eigenvalue weighted by Gasteiger charge is -2.15. The molecule has 1 N–H and O–H groups in total. The average Bonchev–Trinajstić information content (AvgIpc) is 2.97. The van der Waals surface area contributed by atoms with Crippen molar-refractivity contribution in [3.63, 3.8) is 0 Å². The summed E-state index contributed by atoms with van der Waals surface area (Å²) in [5, 5.41) is 22.5. The largest absolute Gasteiger partial charge is 0.325 e. The molecule has 8 nitrogen and oxygen atoms in total. The van der Waals surface area contributed by atoms with E-state index in [2.05, 4.69) is 15.5 Å². The number of nitro benzene ring substituents is 1. The Morgan fingerprint density at radius 3 is 2.64 bits per heavy atom. The van der Waals surface area contributed by atoms with Gasteiger partial charge in [-0.25, -0.2) is 0 Å². The van der Waals surface area contributed by atoms with Gasteiger partial charge in [0.1, 0.15) is 5.82 Å². The number of non-ortho nitro benzene ring substituents is 1. The monoisotopic (exact) mass is 363 g/mol. The van der Waals surface area contributed by atoms with Gasteiger partial charge in [-0.3, -0.25) is 14.9 Å². The molecule has 0 saturated heterocycles. The molecule has 0 unspecified atom stereocenters. The van der Waals surface area contributed by atoms with Crippen molar-refractivity contribution in [2.24, 2.45) is 0 Å². The number of thioether (sulfide) groups is 1. The molecule has 1 aromatic heterocycles. The van der Waals surface area contributed by atoms with E-state index in [-0.39, 0.29) is 29.3 Å². The number of carbonyl (C=O) groups excluding carboxylic acids is 1. The lowest BCUT2D eigenvalue weighted by atomic mass is 10.2. The highest BCUT2D eigenvalue weighted by Gasteiger charge is 2.18. The van der Waals surface area contributed by atoms with E-state index in [1.54, 1.807) is 6.07 Å². The summed E-state index contributed by atoms with van der Waals surface area (Å²) in [5.41, 5.74) is 0.333. The second-order valence-electron chi connectivity index (χ2n) is 6.10. The van der Waals surface area contributed by atoms with E-state index in [0.717, 1.165) is 5.82 Å². The van der Waals surface area contributed by atoms with Crippen LogP contribution >= 0.6 is 11.8 Å². The van der Waals surface area contributed by atoms with Crippen LogP contribution in [0, 0.1) is 10.1 Å². The molecule has 25 heavy (non-hydrogen) atoms. The second-order valence-corrected chi connectivity index (χ2v) is 7.05. The van der Waals surface area contributed by atoms with Crippen LogP contribution in [0.2, 0.25) is 0 Å². The second kappa shape index (κ2) is 8.11. The molecule has 0 aliphatic rings. The summed E-state index contributed by atoms with van der Waals surface area (Å²) in [6, 6.07) is 6.04. The van der Waals surface area contributed by atoms with E-state index in [9.17, 15) is 14.9 Å². The average molecular weight is 363 g/mol. The Hall–Kier alpha value is -2.42. The highest BCUT2D eigenvalue weighted by molar-refractivity contribution is 7.99. The van der Waals surface area contributed by atoms with E-state index < -0.39 is 4.92 Å². The topological polar surface area (TPSA) is 103 Å². The van der Waals surface area contributed by atoms with Gasteiger partial charge in [-0.05, 0) is 19.9 Å². The molecular weight excluding hydrogens is 342 g/mol. The standard InChI is InChI=1S/C16H21N5O3S/c1-10(2)15-18-19-16(20(15)11(3)4)25-9-14(22)17-12-6-5-7-13(8-12)21(23)24/h5-8,10-11H,9H2,1-4H3,(H,17,22). The zero-order valence-corrected chi connectivity index (χ0v) is 15.4. The van der Waals surface area contributed by atoms with Crippen LogP contribution in [0.15, 0.2) is 29.4 Å². The molecule has 1 aromatic carbocycles. The van der Waals surface area contributed by atoms with Crippen molar-refractivity contribution in [3.05, 3.63) is 40.2 Å². The lowest BCUT2D eigenvalue weighted by Crippen LogP contribution is -2.15. The summed E-state index contributed by atoms with van der Waals surface area (Å²) in [6.45, 7) is 8.18. The van der Waals surface area contributed by atoms with Crippen LogP contribution in [-0.2, 0) is 4.79 Å². The Labute approximate surface area is 150 Å². The van der Waals surface area contributed by atoms with Gasteiger partial charge in [-0.2, -0.15) is 0 Å². The van der Waals surface area contributed by atoms with E-state index in [4.69, 9.17) is 0 Å². The third kappa shape index (κ3) is 4.79. The Bertz CT molecular complexity index is 773. The molecule has 134 valence electrons. The van der Waals surface area contributed by atoms with Crippen molar-refractivity contribution in [1.82, 2.24) is 14.8 Å². The van der Waals surface area contributed by atoms with Crippen molar-refractivity contribution >= 4 is 29.0 Å². The summed E-state index contributed by atoms with van der Waals surface area (Å²) in [5.74, 6) is 1.01. The first-order valence-corrected chi connectivity index (χ1v) is 8.90. The summed E-state index contributed by atoms with van der Waals surface area (Å²) < 4.78 is 2.02. The molecule has 0 aliphatic carbocycles. The van der Waals surface area contributed by atoms with Gasteiger partial charge >= 0.3 is 0 Å². The number of nitrogens with one attached hydrogen (secondary N) is 1. The molecule has 2 aromatic rings. The van der Waals surface area contributed by atoms with Crippen LogP contribution in [0.4, 0.5) is 11.4 Å². The number of aromatic nitrogens is 3. The number of hydrogen-bond acceptors (Lipinski definition) is 6. The maximum atomic E-state index is 12.1. The fourth-order valence-electron chi connectivity index (χ4n) is 2.29. The molecule has 2 rings (SSSR count). The fraction of sp³-hybridized carbons (Fsp3) is 0.438. The van der Waals surface area contributed by atoms with Gasteiger partial charge in [0.25, 0.3) is 5.69 Å². The number of amides is 1. The van der Waals surface area contributed by atoms with Crippen molar-refractivity contribution in [2.75, 3.05) is 11.1 Å². The number of nitro groups is 1. The van der Waals surface area contributed by atoms with Gasteiger partial charge in [0.15, 0.2) is 5.16 Å². The highest BCUT2D eigenvalue weighted by Crippen LogP contribution is 2.25. The highest BCUT2D eigenvalue weighted by atomic mass is 32.2. The summed E-state index contributed by atoms with van der Waals surface area (Å²) in [7, 11) is 0. The smallest absolute Gasteiger partial charge is 0.271 e. The van der Waals surface area contributed by atoms with E-state index in [0.29, 0.717) is 10.8 Å². The molecule has 1 amide bonds. The van der Waals surface area contributed by atoms with Crippen molar-refractivity contribution in [2.45, 2.75) is 44.8 Å².